The maximum Gasteiger partial charge on any atom is 0.416 e. The van der Waals surface area contributed by atoms with Gasteiger partial charge in [-0.25, -0.2) is 22.8 Å². The Bertz CT molecular complexity index is 674. The van der Waals surface area contributed by atoms with Crippen molar-refractivity contribution in [3.8, 4) is 0 Å². The van der Waals surface area contributed by atoms with E-state index in [4.69, 9.17) is 0 Å². The Morgan fingerprint density at radius 2 is 2.05 bits per heavy atom. The van der Waals surface area contributed by atoms with Crippen molar-refractivity contribution in [1.29, 1.82) is 0 Å². The molecule has 1 saturated heterocycles. The average molecular weight is 391 g/mol. The topological polar surface area (TPSA) is 92.8 Å². The summed E-state index contributed by atoms with van der Waals surface area (Å²) in [7, 11) is -3.71. The van der Waals surface area contributed by atoms with Crippen LogP contribution in [0.15, 0.2) is 29.2 Å². The highest BCUT2D eigenvalue weighted by atomic mass is 79.9. The van der Waals surface area contributed by atoms with Crippen LogP contribution in [0.5, 0.6) is 0 Å². The first-order chi connectivity index (χ1) is 10.3. The molecular weight excluding hydrogens is 376 g/mol. The summed E-state index contributed by atoms with van der Waals surface area (Å²) in [6, 6.07) is 6.35. The molecule has 1 aliphatic rings. The number of benzene rings is 1. The Labute approximate surface area is 136 Å². The van der Waals surface area contributed by atoms with Crippen LogP contribution in [0.2, 0.25) is 0 Å². The molecule has 1 N–H and O–H groups in total. The molecule has 1 heterocycles. The largest absolute Gasteiger partial charge is 0.447 e. The van der Waals surface area contributed by atoms with Gasteiger partial charge in [0, 0.05) is 6.54 Å². The van der Waals surface area contributed by atoms with Crippen LogP contribution in [0, 0.1) is 6.92 Å². The van der Waals surface area contributed by atoms with Crippen molar-refractivity contribution in [2.75, 3.05) is 19.7 Å². The summed E-state index contributed by atoms with van der Waals surface area (Å²) in [5.74, 6) is -0.533. The lowest BCUT2D eigenvalue weighted by Gasteiger charge is -2.16. The number of ether oxygens (including phenoxy) is 1. The molecule has 1 aromatic carbocycles. The van der Waals surface area contributed by atoms with Crippen LogP contribution in [0.25, 0.3) is 0 Å². The Morgan fingerprint density at radius 3 is 2.59 bits per heavy atom. The number of imide groups is 1. The van der Waals surface area contributed by atoms with E-state index in [2.05, 4.69) is 25.4 Å². The highest BCUT2D eigenvalue weighted by Crippen LogP contribution is 2.13. The lowest BCUT2D eigenvalue weighted by molar-refractivity contribution is -0.126. The zero-order chi connectivity index (χ0) is 16.3. The summed E-state index contributed by atoms with van der Waals surface area (Å²) in [5, 5.41) is 0. The van der Waals surface area contributed by atoms with Gasteiger partial charge in [-0.1, -0.05) is 33.6 Å². The normalized spacial score (nSPS) is 16.5. The standard InChI is InChI=1S/C13H15BrN2O5S/c1-9-2-4-10(5-3-9)22(19,20)15-8-11(14)12(17)16-6-7-21-13(16)18/h2-5,11,15H,6-8H2,1H3. The molecule has 9 heteroatoms. The molecule has 22 heavy (non-hydrogen) atoms. The second-order valence-electron chi connectivity index (χ2n) is 4.74. The molecule has 0 bridgehead atoms. The third-order valence-electron chi connectivity index (χ3n) is 3.08. The van der Waals surface area contributed by atoms with E-state index < -0.39 is 26.9 Å². The first kappa shape index (κ1) is 16.9. The van der Waals surface area contributed by atoms with Gasteiger partial charge in [-0.2, -0.15) is 0 Å². The molecule has 1 aliphatic heterocycles. The SMILES string of the molecule is Cc1ccc(S(=O)(=O)NCC(Br)C(=O)N2CCOC2=O)cc1. The first-order valence-electron chi connectivity index (χ1n) is 6.50. The van der Waals surface area contributed by atoms with Gasteiger partial charge in [-0.05, 0) is 19.1 Å². The van der Waals surface area contributed by atoms with Gasteiger partial charge in [0.15, 0.2) is 0 Å². The molecule has 1 atom stereocenters. The van der Waals surface area contributed by atoms with E-state index in [1.165, 1.54) is 12.1 Å². The Kier molecular flexibility index (Phi) is 5.20. The van der Waals surface area contributed by atoms with Crippen molar-refractivity contribution in [2.45, 2.75) is 16.6 Å². The number of hydrogen-bond donors (Lipinski definition) is 1. The zero-order valence-electron chi connectivity index (χ0n) is 11.8. The van der Waals surface area contributed by atoms with Crippen molar-refractivity contribution in [2.24, 2.45) is 0 Å². The molecule has 7 nitrogen and oxygen atoms in total. The molecule has 2 amide bonds. The van der Waals surface area contributed by atoms with Gasteiger partial charge < -0.3 is 4.74 Å². The Balaban J connectivity index is 1.98. The molecule has 0 aromatic heterocycles. The van der Waals surface area contributed by atoms with Gasteiger partial charge in [-0.3, -0.25) is 4.79 Å². The van der Waals surface area contributed by atoms with Crippen LogP contribution in [0.4, 0.5) is 4.79 Å². The van der Waals surface area contributed by atoms with E-state index >= 15 is 0 Å². The molecule has 120 valence electrons. The molecule has 1 fully saturated rings. The average Bonchev–Trinajstić information content (AvgIpc) is 2.90. The minimum absolute atomic E-state index is 0.117. The molecule has 2 rings (SSSR count). The quantitative estimate of drug-likeness (QED) is 0.757. The van der Waals surface area contributed by atoms with Gasteiger partial charge in [0.2, 0.25) is 15.9 Å². The van der Waals surface area contributed by atoms with Gasteiger partial charge in [0.1, 0.15) is 11.4 Å². The van der Waals surface area contributed by atoms with E-state index in [1.54, 1.807) is 12.1 Å². The van der Waals surface area contributed by atoms with Crippen LogP contribution in [-0.4, -0.2) is 49.8 Å². The third-order valence-corrected chi connectivity index (χ3v) is 5.23. The number of carbonyl (C=O) groups is 2. The van der Waals surface area contributed by atoms with E-state index in [9.17, 15) is 18.0 Å². The maximum absolute atomic E-state index is 12.1. The van der Waals surface area contributed by atoms with Gasteiger partial charge in [-0.15, -0.1) is 0 Å². The number of aryl methyl sites for hydroxylation is 1. The number of halogens is 1. The number of nitrogens with zero attached hydrogens (tertiary/aromatic N) is 1. The highest BCUT2D eigenvalue weighted by Gasteiger charge is 2.32. The Morgan fingerprint density at radius 1 is 1.41 bits per heavy atom. The van der Waals surface area contributed by atoms with Gasteiger partial charge in [0.25, 0.3) is 0 Å². The van der Waals surface area contributed by atoms with Crippen LogP contribution < -0.4 is 4.72 Å². The summed E-state index contributed by atoms with van der Waals surface area (Å²) in [6.45, 7) is 2.01. The van der Waals surface area contributed by atoms with Gasteiger partial charge >= 0.3 is 6.09 Å². The summed E-state index contributed by atoms with van der Waals surface area (Å²) in [5.41, 5.74) is 0.944. The number of cyclic esters (lactones) is 1. The maximum atomic E-state index is 12.1. The molecule has 0 saturated carbocycles. The number of alkyl halides is 1. The lowest BCUT2D eigenvalue weighted by Crippen LogP contribution is -2.42. The molecule has 1 unspecified atom stereocenters. The number of rotatable bonds is 5. The van der Waals surface area contributed by atoms with Gasteiger partial charge in [0.05, 0.1) is 11.4 Å². The first-order valence-corrected chi connectivity index (χ1v) is 8.89. The van der Waals surface area contributed by atoms with Crippen molar-refractivity contribution in [1.82, 2.24) is 9.62 Å². The Hall–Kier alpha value is -1.45. The van der Waals surface area contributed by atoms with E-state index in [-0.39, 0.29) is 24.6 Å². The summed E-state index contributed by atoms with van der Waals surface area (Å²) in [4.78, 5) is 23.5. The van der Waals surface area contributed by atoms with Crippen molar-refractivity contribution in [3.63, 3.8) is 0 Å². The predicted molar refractivity (Wildman–Crippen MR) is 82.1 cm³/mol. The molecule has 0 radical (unpaired) electrons. The van der Waals surface area contributed by atoms with Crippen molar-refractivity contribution >= 4 is 38.0 Å². The summed E-state index contributed by atoms with van der Waals surface area (Å²) < 4.78 is 31.2. The number of sulfonamides is 1. The minimum Gasteiger partial charge on any atom is -0.447 e. The fourth-order valence-electron chi connectivity index (χ4n) is 1.83. The van der Waals surface area contributed by atoms with Crippen LogP contribution >= 0.6 is 15.9 Å². The number of amides is 2. The van der Waals surface area contributed by atoms with Crippen LogP contribution in [-0.2, 0) is 19.6 Å². The van der Waals surface area contributed by atoms with Crippen molar-refractivity contribution in [3.05, 3.63) is 29.8 Å². The van der Waals surface area contributed by atoms with E-state index in [0.717, 1.165) is 10.5 Å². The molecule has 1 aromatic rings. The smallest absolute Gasteiger partial charge is 0.416 e. The summed E-state index contributed by atoms with van der Waals surface area (Å²) in [6.07, 6.45) is -0.712. The minimum atomic E-state index is -3.71. The van der Waals surface area contributed by atoms with E-state index in [0.29, 0.717) is 0 Å². The molecular formula is C13H15BrN2O5S. The number of nitrogens with one attached hydrogen (secondary N) is 1. The molecule has 0 spiro atoms. The number of carbonyl (C=O) groups excluding carboxylic acids is 2. The van der Waals surface area contributed by atoms with Crippen molar-refractivity contribution < 1.29 is 22.7 Å². The monoisotopic (exact) mass is 390 g/mol. The fraction of sp³-hybridized carbons (Fsp3) is 0.385. The predicted octanol–water partition coefficient (Wildman–Crippen LogP) is 1.02. The molecule has 0 aliphatic carbocycles. The van der Waals surface area contributed by atoms with E-state index in [1.807, 2.05) is 6.92 Å². The summed E-state index contributed by atoms with van der Waals surface area (Å²) >= 11 is 3.09. The fourth-order valence-corrected chi connectivity index (χ4v) is 3.50. The zero-order valence-corrected chi connectivity index (χ0v) is 14.2. The van der Waals surface area contributed by atoms with Crippen LogP contribution in [0.3, 0.4) is 0 Å². The second-order valence-corrected chi connectivity index (χ2v) is 7.61. The third kappa shape index (κ3) is 3.84. The second kappa shape index (κ2) is 6.76. The number of hydrogen-bond acceptors (Lipinski definition) is 5. The highest BCUT2D eigenvalue weighted by molar-refractivity contribution is 9.10. The van der Waals surface area contributed by atoms with Crippen LogP contribution in [0.1, 0.15) is 5.56 Å². The lowest BCUT2D eigenvalue weighted by atomic mass is 10.2.